The summed E-state index contributed by atoms with van der Waals surface area (Å²) in [5, 5.41) is 0. The van der Waals surface area contributed by atoms with Gasteiger partial charge in [0.1, 0.15) is 5.82 Å². The standard InChI is InChI=1S/C14H21FN4/c15-11-5-3-10(4-6-11)13-8-14(18-17-13)19-7-1-2-12(16)9-19/h3-6,12-14,17-18H,1-2,7-9,16H2. The van der Waals surface area contributed by atoms with Gasteiger partial charge < -0.3 is 5.73 Å². The normalized spacial score (nSPS) is 32.6. The molecule has 4 N–H and O–H groups in total. The van der Waals surface area contributed by atoms with Gasteiger partial charge in [0.25, 0.3) is 0 Å². The summed E-state index contributed by atoms with van der Waals surface area (Å²) in [6.07, 6.45) is 3.60. The SMILES string of the molecule is NC1CCCN(C2CC(c3ccc(F)cc3)NN2)C1. The zero-order valence-electron chi connectivity index (χ0n) is 11.0. The minimum atomic E-state index is -0.187. The molecule has 0 aromatic heterocycles. The average molecular weight is 264 g/mol. The Hall–Kier alpha value is -1.01. The van der Waals surface area contributed by atoms with Crippen molar-refractivity contribution < 1.29 is 4.39 Å². The van der Waals surface area contributed by atoms with Crippen LogP contribution in [0.3, 0.4) is 0 Å². The van der Waals surface area contributed by atoms with Crippen LogP contribution < -0.4 is 16.6 Å². The van der Waals surface area contributed by atoms with Gasteiger partial charge in [0.15, 0.2) is 0 Å². The van der Waals surface area contributed by atoms with Crippen molar-refractivity contribution in [2.45, 2.75) is 37.5 Å². The van der Waals surface area contributed by atoms with Gasteiger partial charge in [-0.3, -0.25) is 4.90 Å². The summed E-state index contributed by atoms with van der Waals surface area (Å²) < 4.78 is 12.9. The Morgan fingerprint density at radius 3 is 2.74 bits per heavy atom. The van der Waals surface area contributed by atoms with Crippen LogP contribution in [0.2, 0.25) is 0 Å². The van der Waals surface area contributed by atoms with Gasteiger partial charge in [-0.15, -0.1) is 0 Å². The predicted molar refractivity (Wildman–Crippen MR) is 72.6 cm³/mol. The number of piperidine rings is 1. The maximum absolute atomic E-state index is 12.9. The van der Waals surface area contributed by atoms with Crippen molar-refractivity contribution in [3.8, 4) is 0 Å². The second-order valence-electron chi connectivity index (χ2n) is 5.54. The van der Waals surface area contributed by atoms with Crippen molar-refractivity contribution in [3.05, 3.63) is 35.6 Å². The molecule has 1 aromatic carbocycles. The third kappa shape index (κ3) is 2.95. The molecule has 4 nitrogen and oxygen atoms in total. The number of nitrogens with two attached hydrogens (primary N) is 1. The molecule has 0 radical (unpaired) electrons. The molecule has 2 fully saturated rings. The fourth-order valence-electron chi connectivity index (χ4n) is 3.02. The summed E-state index contributed by atoms with van der Waals surface area (Å²) in [6.45, 7) is 2.05. The first kappa shape index (κ1) is 13.0. The van der Waals surface area contributed by atoms with Crippen LogP contribution in [-0.4, -0.2) is 30.2 Å². The van der Waals surface area contributed by atoms with Crippen LogP contribution in [0.15, 0.2) is 24.3 Å². The monoisotopic (exact) mass is 264 g/mol. The molecule has 0 saturated carbocycles. The number of hydrazine groups is 1. The van der Waals surface area contributed by atoms with Gasteiger partial charge in [-0.1, -0.05) is 12.1 Å². The Morgan fingerprint density at radius 1 is 1.21 bits per heavy atom. The van der Waals surface area contributed by atoms with Crippen LogP contribution in [0.1, 0.15) is 30.9 Å². The molecule has 0 aliphatic carbocycles. The highest BCUT2D eigenvalue weighted by molar-refractivity contribution is 5.20. The molecule has 3 rings (SSSR count). The summed E-state index contributed by atoms with van der Waals surface area (Å²) in [7, 11) is 0. The number of hydrogen-bond donors (Lipinski definition) is 3. The summed E-state index contributed by atoms with van der Waals surface area (Å²) in [6, 6.07) is 7.25. The molecule has 104 valence electrons. The summed E-state index contributed by atoms with van der Waals surface area (Å²) in [5.41, 5.74) is 13.8. The first-order valence-electron chi connectivity index (χ1n) is 6.98. The van der Waals surface area contributed by atoms with Crippen LogP contribution in [-0.2, 0) is 0 Å². The van der Waals surface area contributed by atoms with E-state index < -0.39 is 0 Å². The van der Waals surface area contributed by atoms with Gasteiger partial charge in [0, 0.05) is 18.6 Å². The largest absolute Gasteiger partial charge is 0.327 e. The first-order chi connectivity index (χ1) is 9.22. The fraction of sp³-hybridized carbons (Fsp3) is 0.571. The number of likely N-dealkylation sites (tertiary alicyclic amines) is 1. The molecule has 2 heterocycles. The number of hydrogen-bond acceptors (Lipinski definition) is 4. The van der Waals surface area contributed by atoms with Crippen molar-refractivity contribution in [1.29, 1.82) is 0 Å². The minimum absolute atomic E-state index is 0.187. The van der Waals surface area contributed by atoms with Crippen LogP contribution in [0, 0.1) is 5.82 Å². The molecule has 19 heavy (non-hydrogen) atoms. The fourth-order valence-corrected chi connectivity index (χ4v) is 3.02. The molecule has 0 amide bonds. The lowest BCUT2D eigenvalue weighted by atomic mass is 10.0. The topological polar surface area (TPSA) is 53.3 Å². The van der Waals surface area contributed by atoms with Crippen LogP contribution in [0.4, 0.5) is 4.39 Å². The zero-order valence-corrected chi connectivity index (χ0v) is 11.0. The molecule has 0 spiro atoms. The molecule has 2 saturated heterocycles. The second-order valence-corrected chi connectivity index (χ2v) is 5.54. The maximum atomic E-state index is 12.9. The van der Waals surface area contributed by atoms with Gasteiger partial charge >= 0.3 is 0 Å². The average Bonchev–Trinajstić information content (AvgIpc) is 2.89. The number of halogens is 1. The summed E-state index contributed by atoms with van der Waals surface area (Å²) in [5.74, 6) is -0.187. The molecule has 1 aromatic rings. The number of nitrogens with one attached hydrogen (secondary N) is 2. The van der Waals surface area contributed by atoms with Gasteiger partial charge in [-0.2, -0.15) is 0 Å². The Bertz CT molecular complexity index is 422. The lowest BCUT2D eigenvalue weighted by Crippen LogP contribution is -2.52. The number of benzene rings is 1. The van der Waals surface area contributed by atoms with Gasteiger partial charge in [0.2, 0.25) is 0 Å². The van der Waals surface area contributed by atoms with Gasteiger partial charge in [-0.25, -0.2) is 15.2 Å². The summed E-state index contributed by atoms with van der Waals surface area (Å²) >= 11 is 0. The molecular weight excluding hydrogens is 243 g/mol. The summed E-state index contributed by atoms with van der Waals surface area (Å²) in [4.78, 5) is 2.41. The van der Waals surface area contributed by atoms with E-state index in [-0.39, 0.29) is 11.9 Å². The van der Waals surface area contributed by atoms with E-state index in [0.29, 0.717) is 12.2 Å². The van der Waals surface area contributed by atoms with E-state index in [2.05, 4.69) is 15.8 Å². The third-order valence-electron chi connectivity index (χ3n) is 4.09. The van der Waals surface area contributed by atoms with Crippen molar-refractivity contribution in [2.75, 3.05) is 13.1 Å². The Morgan fingerprint density at radius 2 is 2.00 bits per heavy atom. The minimum Gasteiger partial charge on any atom is -0.327 e. The van der Waals surface area contributed by atoms with E-state index in [1.807, 2.05) is 12.1 Å². The molecule has 5 heteroatoms. The zero-order chi connectivity index (χ0) is 13.2. The Kier molecular flexibility index (Phi) is 3.79. The lowest BCUT2D eigenvalue weighted by Gasteiger charge is -2.34. The molecule has 3 atom stereocenters. The molecular formula is C14H21FN4. The Balaban J connectivity index is 1.62. The highest BCUT2D eigenvalue weighted by Crippen LogP contribution is 2.25. The molecule has 0 bridgehead atoms. The lowest BCUT2D eigenvalue weighted by molar-refractivity contribution is 0.133. The van der Waals surface area contributed by atoms with E-state index in [4.69, 9.17) is 5.73 Å². The highest BCUT2D eigenvalue weighted by atomic mass is 19.1. The van der Waals surface area contributed by atoms with E-state index in [9.17, 15) is 4.39 Å². The van der Waals surface area contributed by atoms with Gasteiger partial charge in [-0.05, 0) is 43.5 Å². The van der Waals surface area contributed by atoms with Crippen molar-refractivity contribution >= 4 is 0 Å². The van der Waals surface area contributed by atoms with E-state index in [1.54, 1.807) is 0 Å². The van der Waals surface area contributed by atoms with E-state index in [0.717, 1.165) is 31.5 Å². The van der Waals surface area contributed by atoms with E-state index >= 15 is 0 Å². The molecule has 2 aliphatic heterocycles. The van der Waals surface area contributed by atoms with Crippen molar-refractivity contribution in [1.82, 2.24) is 15.8 Å². The number of nitrogens with zero attached hydrogens (tertiary/aromatic N) is 1. The first-order valence-corrected chi connectivity index (χ1v) is 6.98. The second kappa shape index (κ2) is 5.54. The smallest absolute Gasteiger partial charge is 0.123 e. The highest BCUT2D eigenvalue weighted by Gasteiger charge is 2.31. The van der Waals surface area contributed by atoms with Crippen LogP contribution in [0.5, 0.6) is 0 Å². The van der Waals surface area contributed by atoms with Crippen molar-refractivity contribution in [3.63, 3.8) is 0 Å². The molecule has 3 unspecified atom stereocenters. The maximum Gasteiger partial charge on any atom is 0.123 e. The quantitative estimate of drug-likeness (QED) is 0.749. The number of rotatable bonds is 2. The Labute approximate surface area is 113 Å². The van der Waals surface area contributed by atoms with Gasteiger partial charge in [0.05, 0.1) is 6.17 Å². The third-order valence-corrected chi connectivity index (χ3v) is 4.09. The van der Waals surface area contributed by atoms with Crippen molar-refractivity contribution in [2.24, 2.45) is 5.73 Å². The van der Waals surface area contributed by atoms with Crippen LogP contribution >= 0.6 is 0 Å². The molecule has 2 aliphatic rings. The van der Waals surface area contributed by atoms with Crippen LogP contribution in [0.25, 0.3) is 0 Å². The van der Waals surface area contributed by atoms with E-state index in [1.165, 1.54) is 18.6 Å². The predicted octanol–water partition coefficient (Wildman–Crippen LogP) is 1.11.